The summed E-state index contributed by atoms with van der Waals surface area (Å²) in [7, 11) is 0. The van der Waals surface area contributed by atoms with Crippen molar-refractivity contribution in [3.8, 4) is 0 Å². The standard InChI is InChI=1S/C17H19N3O2S2/c21-17(11-19-4-6-22-7-5-19)20-15(16-2-1-8-24-16)10-14(18-20)13-3-9-23-12-13/h1-3,8-9,12,15H,4-7,10-11H2. The first-order valence-corrected chi connectivity index (χ1v) is 9.89. The molecular weight excluding hydrogens is 342 g/mol. The molecule has 1 unspecified atom stereocenters. The third-order valence-electron chi connectivity index (χ3n) is 4.35. The second-order valence-electron chi connectivity index (χ2n) is 5.92. The van der Waals surface area contributed by atoms with Gasteiger partial charge in [-0.1, -0.05) is 6.07 Å². The molecule has 0 bridgehead atoms. The lowest BCUT2D eigenvalue weighted by molar-refractivity contribution is -0.135. The summed E-state index contributed by atoms with van der Waals surface area (Å²) in [5.41, 5.74) is 2.13. The summed E-state index contributed by atoms with van der Waals surface area (Å²) in [4.78, 5) is 16.2. The lowest BCUT2D eigenvalue weighted by atomic mass is 10.1. The van der Waals surface area contributed by atoms with E-state index in [4.69, 9.17) is 4.74 Å². The molecule has 0 radical (unpaired) electrons. The molecule has 24 heavy (non-hydrogen) atoms. The topological polar surface area (TPSA) is 45.1 Å². The first-order chi connectivity index (χ1) is 11.8. The van der Waals surface area contributed by atoms with Gasteiger partial charge in [-0.15, -0.1) is 11.3 Å². The number of rotatable bonds is 4. The van der Waals surface area contributed by atoms with E-state index in [-0.39, 0.29) is 11.9 Å². The van der Waals surface area contributed by atoms with Crippen molar-refractivity contribution in [1.29, 1.82) is 0 Å². The number of hydrazone groups is 1. The average Bonchev–Trinajstić information content (AvgIpc) is 3.35. The van der Waals surface area contributed by atoms with Gasteiger partial charge < -0.3 is 4.74 Å². The molecular formula is C17H19N3O2S2. The summed E-state index contributed by atoms with van der Waals surface area (Å²) in [6.07, 6.45) is 0.784. The predicted octanol–water partition coefficient (Wildman–Crippen LogP) is 2.82. The Labute approximate surface area is 149 Å². The van der Waals surface area contributed by atoms with Gasteiger partial charge in [-0.2, -0.15) is 16.4 Å². The zero-order valence-electron chi connectivity index (χ0n) is 13.3. The van der Waals surface area contributed by atoms with Crippen LogP contribution in [0.5, 0.6) is 0 Å². The van der Waals surface area contributed by atoms with Crippen LogP contribution in [0.2, 0.25) is 0 Å². The van der Waals surface area contributed by atoms with Crippen LogP contribution in [0.1, 0.15) is 22.9 Å². The van der Waals surface area contributed by atoms with Crippen LogP contribution in [0.3, 0.4) is 0 Å². The van der Waals surface area contributed by atoms with Crippen molar-refractivity contribution in [3.63, 3.8) is 0 Å². The van der Waals surface area contributed by atoms with Crippen LogP contribution in [-0.4, -0.2) is 54.4 Å². The highest BCUT2D eigenvalue weighted by Gasteiger charge is 2.34. The number of ether oxygens (including phenoxy) is 1. The number of carbonyl (C=O) groups is 1. The quantitative estimate of drug-likeness (QED) is 0.841. The van der Waals surface area contributed by atoms with Gasteiger partial charge in [-0.25, -0.2) is 5.01 Å². The molecule has 0 aromatic carbocycles. The van der Waals surface area contributed by atoms with Crippen LogP contribution in [0.15, 0.2) is 39.4 Å². The number of hydrogen-bond donors (Lipinski definition) is 0. The normalized spacial score (nSPS) is 21.9. The molecule has 126 valence electrons. The Kier molecular flexibility index (Phi) is 4.75. The molecule has 7 heteroatoms. The minimum atomic E-state index is 0.0217. The lowest BCUT2D eigenvalue weighted by Gasteiger charge is -2.28. The third kappa shape index (κ3) is 3.30. The summed E-state index contributed by atoms with van der Waals surface area (Å²) >= 11 is 3.35. The summed E-state index contributed by atoms with van der Waals surface area (Å²) in [6.45, 7) is 3.43. The van der Waals surface area contributed by atoms with Crippen LogP contribution in [0.25, 0.3) is 0 Å². The van der Waals surface area contributed by atoms with Crippen LogP contribution >= 0.6 is 22.7 Å². The van der Waals surface area contributed by atoms with Gasteiger partial charge in [0.2, 0.25) is 0 Å². The summed E-state index contributed by atoms with van der Waals surface area (Å²) < 4.78 is 5.36. The number of thiophene rings is 2. The molecule has 1 amide bonds. The van der Waals surface area contributed by atoms with Crippen molar-refractivity contribution in [3.05, 3.63) is 44.8 Å². The maximum Gasteiger partial charge on any atom is 0.257 e. The van der Waals surface area contributed by atoms with Crippen molar-refractivity contribution in [2.24, 2.45) is 5.10 Å². The molecule has 0 aliphatic carbocycles. The van der Waals surface area contributed by atoms with Gasteiger partial charge in [0.15, 0.2) is 0 Å². The Bertz CT molecular complexity index is 706. The number of amides is 1. The molecule has 1 atom stereocenters. The van der Waals surface area contributed by atoms with Crippen LogP contribution in [0.4, 0.5) is 0 Å². The molecule has 4 rings (SSSR count). The summed E-state index contributed by atoms with van der Waals surface area (Å²) in [5.74, 6) is 0.0699. The van der Waals surface area contributed by atoms with E-state index in [1.807, 2.05) is 6.07 Å². The highest BCUT2D eigenvalue weighted by Crippen LogP contribution is 2.35. The predicted molar refractivity (Wildman–Crippen MR) is 96.6 cm³/mol. The van der Waals surface area contributed by atoms with Crippen molar-refractivity contribution in [2.45, 2.75) is 12.5 Å². The van der Waals surface area contributed by atoms with E-state index in [0.29, 0.717) is 19.8 Å². The molecule has 2 aliphatic rings. The molecule has 2 aliphatic heterocycles. The number of hydrogen-bond acceptors (Lipinski definition) is 6. The minimum Gasteiger partial charge on any atom is -0.379 e. The molecule has 0 spiro atoms. The van der Waals surface area contributed by atoms with Crippen molar-refractivity contribution in [2.75, 3.05) is 32.8 Å². The van der Waals surface area contributed by atoms with E-state index in [9.17, 15) is 4.79 Å². The molecule has 0 saturated carbocycles. The highest BCUT2D eigenvalue weighted by atomic mass is 32.1. The first-order valence-electron chi connectivity index (χ1n) is 8.07. The fraction of sp³-hybridized carbons (Fsp3) is 0.412. The Morgan fingerprint density at radius 2 is 2.17 bits per heavy atom. The van der Waals surface area contributed by atoms with Gasteiger partial charge in [0.25, 0.3) is 5.91 Å². The van der Waals surface area contributed by atoms with Gasteiger partial charge >= 0.3 is 0 Å². The minimum absolute atomic E-state index is 0.0217. The van der Waals surface area contributed by atoms with Crippen molar-refractivity contribution < 1.29 is 9.53 Å². The largest absolute Gasteiger partial charge is 0.379 e. The average molecular weight is 361 g/mol. The zero-order valence-corrected chi connectivity index (χ0v) is 14.9. The molecule has 1 fully saturated rings. The molecule has 2 aromatic heterocycles. The van der Waals surface area contributed by atoms with E-state index in [0.717, 1.165) is 30.8 Å². The van der Waals surface area contributed by atoms with Gasteiger partial charge in [0, 0.05) is 30.0 Å². The molecule has 4 heterocycles. The smallest absolute Gasteiger partial charge is 0.257 e. The zero-order chi connectivity index (χ0) is 16.4. The van der Waals surface area contributed by atoms with Crippen LogP contribution < -0.4 is 0 Å². The van der Waals surface area contributed by atoms with Gasteiger partial charge in [0.05, 0.1) is 31.5 Å². The number of carbonyl (C=O) groups excluding carboxylic acids is 1. The van der Waals surface area contributed by atoms with Crippen LogP contribution in [-0.2, 0) is 9.53 Å². The number of morpholine rings is 1. The maximum absolute atomic E-state index is 12.9. The lowest BCUT2D eigenvalue weighted by Crippen LogP contribution is -2.43. The second kappa shape index (κ2) is 7.14. The van der Waals surface area contributed by atoms with E-state index >= 15 is 0 Å². The van der Waals surface area contributed by atoms with Gasteiger partial charge in [-0.05, 0) is 28.3 Å². The second-order valence-corrected chi connectivity index (χ2v) is 7.68. The number of nitrogens with zero attached hydrogens (tertiary/aromatic N) is 3. The van der Waals surface area contributed by atoms with Gasteiger partial charge in [-0.3, -0.25) is 9.69 Å². The van der Waals surface area contributed by atoms with E-state index < -0.39 is 0 Å². The molecule has 0 N–H and O–H groups in total. The Hall–Kier alpha value is -1.54. The third-order valence-corrected chi connectivity index (χ3v) is 6.01. The summed E-state index contributed by atoms with van der Waals surface area (Å²) in [5, 5.41) is 12.6. The fourth-order valence-corrected chi connectivity index (χ4v) is 4.55. The van der Waals surface area contributed by atoms with Crippen molar-refractivity contribution in [1.82, 2.24) is 9.91 Å². The Morgan fingerprint density at radius 1 is 1.29 bits per heavy atom. The maximum atomic E-state index is 12.9. The van der Waals surface area contributed by atoms with E-state index in [2.05, 4.69) is 38.3 Å². The van der Waals surface area contributed by atoms with Gasteiger partial charge in [0.1, 0.15) is 0 Å². The molecule has 1 saturated heterocycles. The first kappa shape index (κ1) is 16.0. The monoisotopic (exact) mass is 361 g/mol. The fourth-order valence-electron chi connectivity index (χ4n) is 3.07. The van der Waals surface area contributed by atoms with E-state index in [1.54, 1.807) is 27.7 Å². The Morgan fingerprint density at radius 3 is 2.88 bits per heavy atom. The highest BCUT2D eigenvalue weighted by molar-refractivity contribution is 7.10. The molecule has 2 aromatic rings. The van der Waals surface area contributed by atoms with Crippen molar-refractivity contribution >= 4 is 34.3 Å². The Balaban J connectivity index is 1.55. The van der Waals surface area contributed by atoms with Crippen LogP contribution in [0, 0.1) is 0 Å². The summed E-state index contributed by atoms with van der Waals surface area (Å²) in [6, 6.07) is 6.22. The molecule has 5 nitrogen and oxygen atoms in total. The van der Waals surface area contributed by atoms with E-state index in [1.165, 1.54) is 4.88 Å². The SMILES string of the molecule is O=C(CN1CCOCC1)N1N=C(c2ccsc2)CC1c1cccs1.